The Balaban J connectivity index is 2.74. The molecule has 0 saturated carbocycles. The molecule has 0 bridgehead atoms. The van der Waals surface area contributed by atoms with E-state index in [2.05, 4.69) is 13.8 Å². The first-order chi connectivity index (χ1) is 7.17. The van der Waals surface area contributed by atoms with Crippen LogP contribution in [-0.4, -0.2) is 17.4 Å². The minimum atomic E-state index is -0.820. The first-order valence-corrected chi connectivity index (χ1v) is 5.94. The Morgan fingerprint density at radius 3 is 2.25 bits per heavy atom. The maximum Gasteiger partial charge on any atom is 0.311 e. The summed E-state index contributed by atoms with van der Waals surface area (Å²) in [5.41, 5.74) is -1.27. The van der Waals surface area contributed by atoms with E-state index in [4.69, 9.17) is 4.74 Å². The molecule has 1 fully saturated rings. The van der Waals surface area contributed by atoms with Crippen molar-refractivity contribution in [3.63, 3.8) is 0 Å². The number of carbonyl (C=O) groups is 2. The molecule has 3 nitrogen and oxygen atoms in total. The second-order valence-corrected chi connectivity index (χ2v) is 6.16. The van der Waals surface area contributed by atoms with Gasteiger partial charge in [-0.2, -0.15) is 0 Å². The van der Waals surface area contributed by atoms with Crippen LogP contribution in [0.15, 0.2) is 0 Å². The topological polar surface area (TPSA) is 43.4 Å². The molecule has 1 aliphatic rings. The van der Waals surface area contributed by atoms with E-state index in [0.717, 1.165) is 6.42 Å². The highest BCUT2D eigenvalue weighted by Crippen LogP contribution is 2.39. The van der Waals surface area contributed by atoms with E-state index in [1.165, 1.54) is 0 Å². The molecular formula is C13H22O3. The van der Waals surface area contributed by atoms with Crippen LogP contribution >= 0.6 is 0 Å². The molecular weight excluding hydrogens is 204 g/mol. The lowest BCUT2D eigenvalue weighted by atomic mass is 9.73. The summed E-state index contributed by atoms with van der Waals surface area (Å²) in [5, 5.41) is 0. The van der Waals surface area contributed by atoms with E-state index in [1.54, 1.807) is 0 Å². The van der Waals surface area contributed by atoms with Crippen LogP contribution in [0.1, 0.15) is 53.9 Å². The maximum absolute atomic E-state index is 12.2. The van der Waals surface area contributed by atoms with E-state index in [-0.39, 0.29) is 18.2 Å². The Labute approximate surface area is 97.5 Å². The van der Waals surface area contributed by atoms with E-state index in [1.807, 2.05) is 20.8 Å². The fourth-order valence-corrected chi connectivity index (χ4v) is 2.03. The Bertz CT molecular complexity index is 289. The predicted octanol–water partition coefficient (Wildman–Crippen LogP) is 2.72. The zero-order valence-corrected chi connectivity index (χ0v) is 10.9. The number of Topliss-reactive ketones (excluding diaryl/α,β-unsaturated/α-hetero) is 1. The molecule has 1 unspecified atom stereocenters. The zero-order chi connectivity index (χ0) is 12.6. The van der Waals surface area contributed by atoms with Crippen molar-refractivity contribution >= 4 is 11.8 Å². The molecule has 0 aromatic rings. The molecule has 0 N–H and O–H groups in total. The van der Waals surface area contributed by atoms with Crippen LogP contribution < -0.4 is 0 Å². The van der Waals surface area contributed by atoms with Gasteiger partial charge in [0.1, 0.15) is 0 Å². The number of hydrogen-bond donors (Lipinski definition) is 0. The van der Waals surface area contributed by atoms with E-state index in [0.29, 0.717) is 12.3 Å². The second-order valence-electron chi connectivity index (χ2n) is 6.16. The highest BCUT2D eigenvalue weighted by Gasteiger charge is 2.54. The van der Waals surface area contributed by atoms with Gasteiger partial charge in [0.15, 0.2) is 11.4 Å². The monoisotopic (exact) mass is 226 g/mol. The van der Waals surface area contributed by atoms with Gasteiger partial charge in [-0.15, -0.1) is 0 Å². The molecule has 1 rings (SSSR count). The highest BCUT2D eigenvalue weighted by molar-refractivity contribution is 6.00. The van der Waals surface area contributed by atoms with E-state index < -0.39 is 11.0 Å². The third-order valence-electron chi connectivity index (χ3n) is 2.96. The Morgan fingerprint density at radius 1 is 1.44 bits per heavy atom. The SMILES string of the molecule is CC(C)CCC1(C(=O)C(C)(C)C)CC(=O)O1. The van der Waals surface area contributed by atoms with E-state index >= 15 is 0 Å². The normalized spacial score (nSPS) is 25.2. The van der Waals surface area contributed by atoms with Crippen LogP contribution in [0.2, 0.25) is 0 Å². The smallest absolute Gasteiger partial charge is 0.311 e. The molecule has 0 radical (unpaired) electrons. The molecule has 0 amide bonds. The summed E-state index contributed by atoms with van der Waals surface area (Å²) in [4.78, 5) is 23.3. The van der Waals surface area contributed by atoms with Gasteiger partial charge in [0.05, 0.1) is 6.42 Å². The number of rotatable bonds is 4. The lowest BCUT2D eigenvalue weighted by Crippen LogP contribution is -2.57. The van der Waals surface area contributed by atoms with Crippen molar-refractivity contribution in [2.24, 2.45) is 11.3 Å². The predicted molar refractivity (Wildman–Crippen MR) is 62.0 cm³/mol. The summed E-state index contributed by atoms with van der Waals surface area (Å²) >= 11 is 0. The molecule has 0 aromatic heterocycles. The molecule has 0 aliphatic carbocycles. The summed E-state index contributed by atoms with van der Waals surface area (Å²) in [6, 6.07) is 0. The van der Waals surface area contributed by atoms with Crippen molar-refractivity contribution in [1.29, 1.82) is 0 Å². The number of ether oxygens (including phenoxy) is 1. The van der Waals surface area contributed by atoms with Gasteiger partial charge in [0.2, 0.25) is 0 Å². The molecule has 92 valence electrons. The highest BCUT2D eigenvalue weighted by atomic mass is 16.6. The fraction of sp³-hybridized carbons (Fsp3) is 0.846. The molecule has 0 aromatic carbocycles. The molecule has 16 heavy (non-hydrogen) atoms. The number of ketones is 1. The van der Waals surface area contributed by atoms with Gasteiger partial charge < -0.3 is 4.74 Å². The Kier molecular flexibility index (Phi) is 3.46. The third kappa shape index (κ3) is 2.63. The van der Waals surface area contributed by atoms with Crippen LogP contribution in [-0.2, 0) is 14.3 Å². The number of cyclic esters (lactones) is 1. The molecule has 1 atom stereocenters. The Hall–Kier alpha value is -0.860. The fourth-order valence-electron chi connectivity index (χ4n) is 2.03. The van der Waals surface area contributed by atoms with Crippen molar-refractivity contribution in [1.82, 2.24) is 0 Å². The minimum Gasteiger partial charge on any atom is -0.450 e. The van der Waals surface area contributed by atoms with Crippen molar-refractivity contribution in [3.8, 4) is 0 Å². The average Bonchev–Trinajstić information content (AvgIpc) is 2.07. The lowest BCUT2D eigenvalue weighted by Gasteiger charge is -2.42. The van der Waals surface area contributed by atoms with E-state index in [9.17, 15) is 9.59 Å². The van der Waals surface area contributed by atoms with Crippen molar-refractivity contribution in [2.75, 3.05) is 0 Å². The molecule has 3 heteroatoms. The number of esters is 1. The summed E-state index contributed by atoms with van der Waals surface area (Å²) < 4.78 is 5.18. The van der Waals surface area contributed by atoms with Crippen LogP contribution in [0.3, 0.4) is 0 Å². The van der Waals surface area contributed by atoms with Crippen LogP contribution in [0.4, 0.5) is 0 Å². The largest absolute Gasteiger partial charge is 0.450 e. The van der Waals surface area contributed by atoms with Crippen molar-refractivity contribution < 1.29 is 14.3 Å². The summed E-state index contributed by atoms with van der Waals surface area (Å²) in [5.74, 6) is 0.325. The third-order valence-corrected chi connectivity index (χ3v) is 2.96. The summed E-state index contributed by atoms with van der Waals surface area (Å²) in [7, 11) is 0. The average molecular weight is 226 g/mol. The van der Waals surface area contributed by atoms with Gasteiger partial charge in [-0.25, -0.2) is 0 Å². The van der Waals surface area contributed by atoms with Gasteiger partial charge in [-0.1, -0.05) is 34.6 Å². The maximum atomic E-state index is 12.2. The first kappa shape index (κ1) is 13.2. The number of hydrogen-bond acceptors (Lipinski definition) is 3. The van der Waals surface area contributed by atoms with Crippen LogP contribution in [0.25, 0.3) is 0 Å². The Morgan fingerprint density at radius 2 is 1.94 bits per heavy atom. The summed E-state index contributed by atoms with van der Waals surface area (Å²) in [6.45, 7) is 9.83. The second kappa shape index (κ2) is 4.19. The van der Waals surface area contributed by atoms with Gasteiger partial charge >= 0.3 is 5.97 Å². The molecule has 1 aliphatic heterocycles. The van der Waals surface area contributed by atoms with Gasteiger partial charge in [0, 0.05) is 5.41 Å². The van der Waals surface area contributed by atoms with Gasteiger partial charge in [-0.05, 0) is 18.8 Å². The zero-order valence-electron chi connectivity index (χ0n) is 10.9. The van der Waals surface area contributed by atoms with Gasteiger partial charge in [0.25, 0.3) is 0 Å². The first-order valence-electron chi connectivity index (χ1n) is 5.94. The molecule has 1 saturated heterocycles. The summed E-state index contributed by atoms with van der Waals surface area (Å²) in [6.07, 6.45) is 1.83. The lowest BCUT2D eigenvalue weighted by molar-refractivity contribution is -0.199. The molecule has 0 spiro atoms. The van der Waals surface area contributed by atoms with Crippen LogP contribution in [0, 0.1) is 11.3 Å². The van der Waals surface area contributed by atoms with Crippen LogP contribution in [0.5, 0.6) is 0 Å². The quantitative estimate of drug-likeness (QED) is 0.692. The minimum absolute atomic E-state index is 0.0558. The molecule has 1 heterocycles. The number of carbonyl (C=O) groups excluding carboxylic acids is 2. The van der Waals surface area contributed by atoms with Crippen molar-refractivity contribution in [3.05, 3.63) is 0 Å². The standard InChI is InChI=1S/C13H22O3/c1-9(2)6-7-13(8-10(14)16-13)11(15)12(3,4)5/h9H,6-8H2,1-5H3. The van der Waals surface area contributed by atoms with Crippen molar-refractivity contribution in [2.45, 2.75) is 59.5 Å². The van der Waals surface area contributed by atoms with Gasteiger partial charge in [-0.3, -0.25) is 9.59 Å².